The molecule has 1 N–H and O–H groups in total. The monoisotopic (exact) mass is 234 g/mol. The maximum Gasteiger partial charge on any atom is 0.126 e. The predicted molar refractivity (Wildman–Crippen MR) is 70.2 cm³/mol. The molecule has 3 heteroatoms. The highest BCUT2D eigenvalue weighted by molar-refractivity contribution is 6.32. The minimum atomic E-state index is 0.379. The number of nitrogens with one attached hydrogen (secondary N) is 1. The number of rotatable bonds is 2. The summed E-state index contributed by atoms with van der Waals surface area (Å²) in [5.74, 6) is 0.896. The van der Waals surface area contributed by atoms with E-state index in [1.165, 1.54) is 0 Å². The molecule has 2 aromatic rings. The highest BCUT2D eigenvalue weighted by Gasteiger charge is 2.04. The van der Waals surface area contributed by atoms with Gasteiger partial charge >= 0.3 is 0 Å². The molecule has 2 nitrogen and oxygen atoms in total. The van der Waals surface area contributed by atoms with E-state index in [0.29, 0.717) is 6.04 Å². The lowest BCUT2D eigenvalue weighted by Crippen LogP contribution is -2.10. The molecule has 16 heavy (non-hydrogen) atoms. The van der Waals surface area contributed by atoms with Crippen molar-refractivity contribution < 1.29 is 0 Å². The first-order chi connectivity index (χ1) is 7.58. The van der Waals surface area contributed by atoms with E-state index >= 15 is 0 Å². The largest absolute Gasteiger partial charge is 0.368 e. The van der Waals surface area contributed by atoms with Crippen LogP contribution >= 0.6 is 11.6 Å². The van der Waals surface area contributed by atoms with Gasteiger partial charge in [0.1, 0.15) is 5.82 Å². The van der Waals surface area contributed by atoms with Gasteiger partial charge in [0.05, 0.1) is 5.52 Å². The number of aromatic nitrogens is 1. The fourth-order valence-electron chi connectivity index (χ4n) is 1.68. The van der Waals surface area contributed by atoms with Crippen molar-refractivity contribution in [3.05, 3.63) is 34.9 Å². The number of hydrogen-bond donors (Lipinski definition) is 1. The summed E-state index contributed by atoms with van der Waals surface area (Å²) in [6.07, 6.45) is 0. The standard InChI is InChI=1S/C13H15ClN2/c1-8(2)15-12-7-5-10-4-6-11(14)9(3)13(10)16-12/h4-8H,1-3H3,(H,15,16). The number of nitrogens with zero attached hydrogens (tertiary/aromatic N) is 1. The highest BCUT2D eigenvalue weighted by Crippen LogP contribution is 2.25. The van der Waals surface area contributed by atoms with E-state index in [9.17, 15) is 0 Å². The van der Waals surface area contributed by atoms with Crippen molar-refractivity contribution in [1.82, 2.24) is 4.98 Å². The Balaban J connectivity index is 2.55. The number of benzene rings is 1. The van der Waals surface area contributed by atoms with Gasteiger partial charge in [-0.25, -0.2) is 4.98 Å². The van der Waals surface area contributed by atoms with E-state index in [4.69, 9.17) is 11.6 Å². The van der Waals surface area contributed by atoms with E-state index in [1.54, 1.807) is 0 Å². The van der Waals surface area contributed by atoms with Crippen LogP contribution < -0.4 is 5.32 Å². The molecule has 0 amide bonds. The maximum atomic E-state index is 6.09. The molecule has 2 rings (SSSR count). The predicted octanol–water partition coefficient (Wildman–Crippen LogP) is 4.02. The normalized spacial score (nSPS) is 11.1. The van der Waals surface area contributed by atoms with E-state index in [0.717, 1.165) is 27.3 Å². The lowest BCUT2D eigenvalue weighted by atomic mass is 10.1. The Kier molecular flexibility index (Phi) is 3.01. The quantitative estimate of drug-likeness (QED) is 0.849. The molecule has 0 unspecified atom stereocenters. The minimum absolute atomic E-state index is 0.379. The van der Waals surface area contributed by atoms with Gasteiger partial charge in [-0.2, -0.15) is 0 Å². The van der Waals surface area contributed by atoms with Crippen LogP contribution in [0, 0.1) is 6.92 Å². The van der Waals surface area contributed by atoms with E-state index in [2.05, 4.69) is 30.2 Å². The fraction of sp³-hybridized carbons (Fsp3) is 0.308. The summed E-state index contributed by atoms with van der Waals surface area (Å²) in [7, 11) is 0. The molecule has 0 bridgehead atoms. The van der Waals surface area contributed by atoms with E-state index in [-0.39, 0.29) is 0 Å². The molecule has 0 aliphatic heterocycles. The molecule has 0 saturated carbocycles. The molecule has 0 saturated heterocycles. The van der Waals surface area contributed by atoms with Crippen LogP contribution in [0.5, 0.6) is 0 Å². The number of hydrogen-bond acceptors (Lipinski definition) is 2. The van der Waals surface area contributed by atoms with Gasteiger partial charge < -0.3 is 5.32 Å². The second-order valence-electron chi connectivity index (χ2n) is 4.24. The molecule has 1 aromatic carbocycles. The SMILES string of the molecule is Cc1c(Cl)ccc2ccc(NC(C)C)nc12. The van der Waals surface area contributed by atoms with Crippen LogP contribution in [-0.2, 0) is 0 Å². The molecule has 0 fully saturated rings. The average Bonchev–Trinajstić information content (AvgIpc) is 2.23. The number of halogens is 1. The first-order valence-electron chi connectivity index (χ1n) is 5.40. The van der Waals surface area contributed by atoms with Gasteiger partial charge in [0, 0.05) is 16.5 Å². The zero-order valence-electron chi connectivity index (χ0n) is 9.71. The molecular formula is C13H15ClN2. The minimum Gasteiger partial charge on any atom is -0.368 e. The molecule has 0 aliphatic carbocycles. The van der Waals surface area contributed by atoms with Gasteiger partial charge in [-0.05, 0) is 44.5 Å². The second-order valence-corrected chi connectivity index (χ2v) is 4.65. The summed E-state index contributed by atoms with van der Waals surface area (Å²) >= 11 is 6.09. The summed E-state index contributed by atoms with van der Waals surface area (Å²) in [5, 5.41) is 5.18. The van der Waals surface area contributed by atoms with Crippen LogP contribution in [0.15, 0.2) is 24.3 Å². The summed E-state index contributed by atoms with van der Waals surface area (Å²) in [6.45, 7) is 6.18. The Labute approximate surface area is 101 Å². The molecule has 1 aromatic heterocycles. The number of aryl methyl sites for hydroxylation is 1. The summed E-state index contributed by atoms with van der Waals surface area (Å²) in [4.78, 5) is 4.58. The van der Waals surface area contributed by atoms with Gasteiger partial charge in [0.15, 0.2) is 0 Å². The van der Waals surface area contributed by atoms with Crippen LogP contribution in [0.1, 0.15) is 19.4 Å². The molecular weight excluding hydrogens is 220 g/mol. The first kappa shape index (κ1) is 11.2. The first-order valence-corrected chi connectivity index (χ1v) is 5.78. The third-order valence-electron chi connectivity index (χ3n) is 2.49. The average molecular weight is 235 g/mol. The number of anilines is 1. The van der Waals surface area contributed by atoms with Crippen molar-refractivity contribution in [2.45, 2.75) is 26.8 Å². The van der Waals surface area contributed by atoms with Crippen molar-refractivity contribution in [2.24, 2.45) is 0 Å². The molecule has 0 spiro atoms. The van der Waals surface area contributed by atoms with E-state index in [1.807, 2.05) is 25.1 Å². The van der Waals surface area contributed by atoms with Crippen molar-refractivity contribution in [1.29, 1.82) is 0 Å². The summed E-state index contributed by atoms with van der Waals surface area (Å²) < 4.78 is 0. The van der Waals surface area contributed by atoms with Gasteiger partial charge in [0.2, 0.25) is 0 Å². The Hall–Kier alpha value is -1.28. The molecule has 0 atom stereocenters. The highest BCUT2D eigenvalue weighted by atomic mass is 35.5. The maximum absolute atomic E-state index is 6.09. The molecule has 0 radical (unpaired) electrons. The topological polar surface area (TPSA) is 24.9 Å². The summed E-state index contributed by atoms with van der Waals surface area (Å²) in [6, 6.07) is 8.35. The molecule has 84 valence electrons. The molecule has 1 heterocycles. The van der Waals surface area contributed by atoms with Crippen LogP contribution in [0.4, 0.5) is 5.82 Å². The van der Waals surface area contributed by atoms with Gasteiger partial charge in [-0.1, -0.05) is 17.7 Å². The zero-order valence-corrected chi connectivity index (χ0v) is 10.5. The Bertz CT molecular complexity index is 521. The smallest absolute Gasteiger partial charge is 0.126 e. The van der Waals surface area contributed by atoms with Crippen molar-refractivity contribution in [3.8, 4) is 0 Å². The number of pyridine rings is 1. The lowest BCUT2D eigenvalue weighted by molar-refractivity contribution is 0.891. The number of fused-ring (bicyclic) bond motifs is 1. The van der Waals surface area contributed by atoms with Gasteiger partial charge in [0.25, 0.3) is 0 Å². The second kappa shape index (κ2) is 4.30. The Morgan fingerprint density at radius 2 is 1.88 bits per heavy atom. The Morgan fingerprint density at radius 3 is 2.56 bits per heavy atom. The zero-order chi connectivity index (χ0) is 11.7. The van der Waals surface area contributed by atoms with Gasteiger partial charge in [-0.15, -0.1) is 0 Å². The fourth-order valence-corrected chi connectivity index (χ4v) is 1.83. The van der Waals surface area contributed by atoms with Crippen LogP contribution in [0.3, 0.4) is 0 Å². The third kappa shape index (κ3) is 2.12. The van der Waals surface area contributed by atoms with E-state index < -0.39 is 0 Å². The van der Waals surface area contributed by atoms with Crippen LogP contribution in [0.2, 0.25) is 5.02 Å². The third-order valence-corrected chi connectivity index (χ3v) is 2.90. The molecule has 0 aliphatic rings. The van der Waals surface area contributed by atoms with Crippen molar-refractivity contribution in [3.63, 3.8) is 0 Å². The van der Waals surface area contributed by atoms with Crippen LogP contribution in [0.25, 0.3) is 10.9 Å². The van der Waals surface area contributed by atoms with Crippen molar-refractivity contribution in [2.75, 3.05) is 5.32 Å². The van der Waals surface area contributed by atoms with Crippen LogP contribution in [-0.4, -0.2) is 11.0 Å². The van der Waals surface area contributed by atoms with Crippen molar-refractivity contribution >= 4 is 28.3 Å². The lowest BCUT2D eigenvalue weighted by Gasteiger charge is -2.11. The Morgan fingerprint density at radius 1 is 1.19 bits per heavy atom. The summed E-state index contributed by atoms with van der Waals surface area (Å²) in [5.41, 5.74) is 2.00. The van der Waals surface area contributed by atoms with Gasteiger partial charge in [-0.3, -0.25) is 0 Å².